The number of likely N-dealkylation sites (N-methyl/N-ethyl adjacent to an activating group) is 1. The average Bonchev–Trinajstić information content (AvgIpc) is 2.42. The second-order valence-corrected chi connectivity index (χ2v) is 5.69. The molecule has 6 nitrogen and oxygen atoms in total. The van der Waals surface area contributed by atoms with Crippen molar-refractivity contribution in [1.29, 1.82) is 0 Å². The standard InChI is InChI=1S/C14H27N3O3/c1-12(3-4-14(19)20)5-6-15-11-13(18)17-9-7-16(2)8-10-17/h12,15H,3-11H2,1-2H3,(H,19,20). The van der Waals surface area contributed by atoms with Crippen molar-refractivity contribution in [1.82, 2.24) is 15.1 Å². The molecule has 0 aromatic heterocycles. The summed E-state index contributed by atoms with van der Waals surface area (Å²) in [6.07, 6.45) is 1.83. The summed E-state index contributed by atoms with van der Waals surface area (Å²) < 4.78 is 0. The summed E-state index contributed by atoms with van der Waals surface area (Å²) in [5, 5.41) is 11.8. The van der Waals surface area contributed by atoms with Gasteiger partial charge < -0.3 is 20.2 Å². The lowest BCUT2D eigenvalue weighted by Crippen LogP contribution is -2.49. The zero-order valence-electron chi connectivity index (χ0n) is 12.6. The molecular weight excluding hydrogens is 258 g/mol. The van der Waals surface area contributed by atoms with E-state index in [9.17, 15) is 9.59 Å². The monoisotopic (exact) mass is 285 g/mol. The highest BCUT2D eigenvalue weighted by Crippen LogP contribution is 2.09. The van der Waals surface area contributed by atoms with Crippen LogP contribution < -0.4 is 5.32 Å². The molecule has 0 radical (unpaired) electrons. The third-order valence-electron chi connectivity index (χ3n) is 3.80. The Balaban J connectivity index is 2.05. The van der Waals surface area contributed by atoms with E-state index in [-0.39, 0.29) is 12.3 Å². The number of nitrogens with zero attached hydrogens (tertiary/aromatic N) is 2. The predicted octanol–water partition coefficient (Wildman–Crippen LogP) is 0.241. The normalized spacial score (nSPS) is 18.0. The zero-order chi connectivity index (χ0) is 15.0. The van der Waals surface area contributed by atoms with Crippen LogP contribution in [-0.2, 0) is 9.59 Å². The number of amides is 1. The molecule has 116 valence electrons. The Hall–Kier alpha value is -1.14. The number of aliphatic carboxylic acids is 1. The van der Waals surface area contributed by atoms with Gasteiger partial charge in [0.15, 0.2) is 0 Å². The van der Waals surface area contributed by atoms with Crippen LogP contribution in [0.15, 0.2) is 0 Å². The van der Waals surface area contributed by atoms with E-state index in [0.717, 1.165) is 39.1 Å². The summed E-state index contributed by atoms with van der Waals surface area (Å²) in [7, 11) is 2.07. The highest BCUT2D eigenvalue weighted by Gasteiger charge is 2.18. The molecule has 0 saturated carbocycles. The molecule has 0 aromatic rings. The summed E-state index contributed by atoms with van der Waals surface area (Å²) in [4.78, 5) is 26.5. The molecule has 1 unspecified atom stereocenters. The van der Waals surface area contributed by atoms with Gasteiger partial charge in [-0.15, -0.1) is 0 Å². The van der Waals surface area contributed by atoms with Crippen molar-refractivity contribution < 1.29 is 14.7 Å². The summed E-state index contributed by atoms with van der Waals surface area (Å²) in [6.45, 7) is 6.70. The fourth-order valence-corrected chi connectivity index (χ4v) is 2.23. The predicted molar refractivity (Wildman–Crippen MR) is 77.6 cm³/mol. The topological polar surface area (TPSA) is 72.9 Å². The molecule has 0 bridgehead atoms. The van der Waals surface area contributed by atoms with E-state index in [1.807, 2.05) is 11.8 Å². The quantitative estimate of drug-likeness (QED) is 0.625. The minimum absolute atomic E-state index is 0.163. The van der Waals surface area contributed by atoms with Crippen LogP contribution in [0, 0.1) is 5.92 Å². The minimum Gasteiger partial charge on any atom is -0.481 e. The van der Waals surface area contributed by atoms with Crippen LogP contribution in [-0.4, -0.2) is 73.1 Å². The van der Waals surface area contributed by atoms with Gasteiger partial charge in [0.25, 0.3) is 0 Å². The Morgan fingerprint density at radius 2 is 1.85 bits per heavy atom. The van der Waals surface area contributed by atoms with Gasteiger partial charge in [0.1, 0.15) is 0 Å². The number of nitrogens with one attached hydrogen (secondary N) is 1. The van der Waals surface area contributed by atoms with Crippen molar-refractivity contribution in [2.45, 2.75) is 26.2 Å². The molecule has 0 spiro atoms. The van der Waals surface area contributed by atoms with Crippen molar-refractivity contribution in [2.24, 2.45) is 5.92 Å². The fraction of sp³-hybridized carbons (Fsp3) is 0.857. The molecule has 1 fully saturated rings. The average molecular weight is 285 g/mol. The van der Waals surface area contributed by atoms with Crippen LogP contribution in [0.5, 0.6) is 0 Å². The van der Waals surface area contributed by atoms with Crippen LogP contribution in [0.3, 0.4) is 0 Å². The maximum atomic E-state index is 11.9. The van der Waals surface area contributed by atoms with Crippen molar-refractivity contribution in [3.63, 3.8) is 0 Å². The maximum absolute atomic E-state index is 11.9. The van der Waals surface area contributed by atoms with E-state index < -0.39 is 5.97 Å². The Bertz CT molecular complexity index is 315. The molecular formula is C14H27N3O3. The van der Waals surface area contributed by atoms with Crippen LogP contribution in [0.4, 0.5) is 0 Å². The number of rotatable bonds is 8. The number of carboxylic acids is 1. The van der Waals surface area contributed by atoms with Gasteiger partial charge in [0.05, 0.1) is 6.54 Å². The first-order valence-corrected chi connectivity index (χ1v) is 7.38. The van der Waals surface area contributed by atoms with E-state index in [0.29, 0.717) is 18.9 Å². The number of hydrogen-bond acceptors (Lipinski definition) is 4. The second-order valence-electron chi connectivity index (χ2n) is 5.69. The summed E-state index contributed by atoms with van der Waals surface area (Å²) >= 11 is 0. The molecule has 6 heteroatoms. The molecule has 2 N–H and O–H groups in total. The Morgan fingerprint density at radius 3 is 2.45 bits per heavy atom. The smallest absolute Gasteiger partial charge is 0.303 e. The molecule has 1 aliphatic heterocycles. The van der Waals surface area contributed by atoms with Gasteiger partial charge in [0, 0.05) is 32.6 Å². The van der Waals surface area contributed by atoms with Gasteiger partial charge in [0.2, 0.25) is 5.91 Å². The van der Waals surface area contributed by atoms with Crippen LogP contribution in [0.1, 0.15) is 26.2 Å². The van der Waals surface area contributed by atoms with Crippen molar-refractivity contribution >= 4 is 11.9 Å². The number of hydrogen-bond donors (Lipinski definition) is 2. The van der Waals surface area contributed by atoms with Crippen LogP contribution in [0.2, 0.25) is 0 Å². The van der Waals surface area contributed by atoms with Crippen molar-refractivity contribution in [2.75, 3.05) is 46.3 Å². The Morgan fingerprint density at radius 1 is 1.20 bits per heavy atom. The molecule has 0 aliphatic carbocycles. The lowest BCUT2D eigenvalue weighted by molar-refractivity contribution is -0.137. The number of carbonyl (C=O) groups excluding carboxylic acids is 1. The molecule has 1 amide bonds. The first-order valence-electron chi connectivity index (χ1n) is 7.38. The molecule has 1 atom stereocenters. The van der Waals surface area contributed by atoms with E-state index in [4.69, 9.17) is 5.11 Å². The van der Waals surface area contributed by atoms with E-state index in [2.05, 4.69) is 17.3 Å². The zero-order valence-corrected chi connectivity index (χ0v) is 12.6. The van der Waals surface area contributed by atoms with Gasteiger partial charge in [-0.2, -0.15) is 0 Å². The molecule has 1 saturated heterocycles. The molecule has 1 aliphatic rings. The Labute approximate surface area is 121 Å². The van der Waals surface area contributed by atoms with Gasteiger partial charge in [-0.3, -0.25) is 9.59 Å². The summed E-state index contributed by atoms with van der Waals surface area (Å²) in [6, 6.07) is 0. The SMILES string of the molecule is CC(CCNCC(=O)N1CCN(C)CC1)CCC(=O)O. The minimum atomic E-state index is -0.741. The van der Waals surface area contributed by atoms with Gasteiger partial charge in [-0.1, -0.05) is 6.92 Å². The molecule has 1 heterocycles. The van der Waals surface area contributed by atoms with Crippen LogP contribution in [0.25, 0.3) is 0 Å². The van der Waals surface area contributed by atoms with Gasteiger partial charge in [-0.05, 0) is 32.4 Å². The van der Waals surface area contributed by atoms with E-state index in [1.54, 1.807) is 0 Å². The number of carboxylic acid groups (broad SMARTS) is 1. The van der Waals surface area contributed by atoms with E-state index >= 15 is 0 Å². The van der Waals surface area contributed by atoms with Gasteiger partial charge >= 0.3 is 5.97 Å². The lowest BCUT2D eigenvalue weighted by Gasteiger charge is -2.32. The fourth-order valence-electron chi connectivity index (χ4n) is 2.23. The number of piperazine rings is 1. The highest BCUT2D eigenvalue weighted by atomic mass is 16.4. The maximum Gasteiger partial charge on any atom is 0.303 e. The van der Waals surface area contributed by atoms with Crippen molar-refractivity contribution in [3.05, 3.63) is 0 Å². The highest BCUT2D eigenvalue weighted by molar-refractivity contribution is 5.78. The largest absolute Gasteiger partial charge is 0.481 e. The first kappa shape index (κ1) is 16.9. The molecule has 20 heavy (non-hydrogen) atoms. The second kappa shape index (κ2) is 8.92. The third-order valence-corrected chi connectivity index (χ3v) is 3.80. The third kappa shape index (κ3) is 6.86. The summed E-state index contributed by atoms with van der Waals surface area (Å²) in [5.74, 6) is -0.205. The van der Waals surface area contributed by atoms with Crippen LogP contribution >= 0.6 is 0 Å². The number of carbonyl (C=O) groups is 2. The lowest BCUT2D eigenvalue weighted by atomic mass is 10.0. The molecule has 0 aromatic carbocycles. The molecule has 1 rings (SSSR count). The van der Waals surface area contributed by atoms with Crippen molar-refractivity contribution in [3.8, 4) is 0 Å². The van der Waals surface area contributed by atoms with Gasteiger partial charge in [-0.25, -0.2) is 0 Å². The Kier molecular flexibility index (Phi) is 7.54. The summed E-state index contributed by atoms with van der Waals surface area (Å²) in [5.41, 5.74) is 0. The first-order chi connectivity index (χ1) is 9.49. The van der Waals surface area contributed by atoms with E-state index in [1.165, 1.54) is 0 Å².